The maximum atomic E-state index is 13.4. The van der Waals surface area contributed by atoms with Gasteiger partial charge in [0, 0.05) is 48.0 Å². The van der Waals surface area contributed by atoms with Gasteiger partial charge < -0.3 is 24.8 Å². The van der Waals surface area contributed by atoms with Crippen LogP contribution in [-0.4, -0.2) is 43.4 Å². The van der Waals surface area contributed by atoms with Crippen molar-refractivity contribution in [1.29, 1.82) is 0 Å². The molecular formula is C30H31ClFN5O2S. The minimum Gasteiger partial charge on any atom is -0.378 e. The lowest BCUT2D eigenvalue weighted by Gasteiger charge is -2.28. The van der Waals surface area contributed by atoms with E-state index in [1.54, 1.807) is 24.3 Å². The van der Waals surface area contributed by atoms with Crippen LogP contribution < -0.4 is 20.3 Å². The highest BCUT2D eigenvalue weighted by Gasteiger charge is 2.13. The molecule has 0 aliphatic carbocycles. The van der Waals surface area contributed by atoms with Gasteiger partial charge in [-0.2, -0.15) is 0 Å². The van der Waals surface area contributed by atoms with Gasteiger partial charge in [0.25, 0.3) is 0 Å². The number of amides is 2. The first kappa shape index (κ1) is 27.9. The molecule has 2 amide bonds. The number of nitrogens with one attached hydrogen (secondary N) is 2. The van der Waals surface area contributed by atoms with Crippen molar-refractivity contribution >= 4 is 46.0 Å². The Balaban J connectivity index is 1.30. The van der Waals surface area contributed by atoms with Crippen molar-refractivity contribution in [2.75, 3.05) is 43.1 Å². The van der Waals surface area contributed by atoms with Crippen LogP contribution in [0.5, 0.6) is 0 Å². The van der Waals surface area contributed by atoms with Crippen LogP contribution in [0, 0.1) is 12.7 Å². The third-order valence-electron chi connectivity index (χ3n) is 6.65. The number of benzene rings is 3. The molecule has 0 unspecified atom stereocenters. The zero-order valence-electron chi connectivity index (χ0n) is 22.2. The number of urea groups is 1. The van der Waals surface area contributed by atoms with Crippen molar-refractivity contribution < 1.29 is 13.9 Å². The van der Waals surface area contributed by atoms with Crippen LogP contribution in [0.4, 0.5) is 26.2 Å². The van der Waals surface area contributed by atoms with Crippen molar-refractivity contribution in [3.8, 4) is 11.3 Å². The molecule has 0 saturated carbocycles. The summed E-state index contributed by atoms with van der Waals surface area (Å²) in [4.78, 5) is 20.4. The number of thiazole rings is 1. The van der Waals surface area contributed by atoms with E-state index in [0.717, 1.165) is 47.9 Å². The molecule has 10 heteroatoms. The standard InChI is InChI=1S/C30H31ClFN5O2S/c1-21-19-25(9-12-27(21)31)34-29(38)33-13-2-14-37-28(20-40-30(37)35-24-7-5-23(32)6-8-24)22-3-10-26(11-4-22)36-15-17-39-18-16-36/h3-12,19-20H,2,13-18H2,1H3,(H2,33,34,38)/b35-30-. The summed E-state index contributed by atoms with van der Waals surface area (Å²) in [7, 11) is 0. The minimum atomic E-state index is -0.294. The molecule has 0 bridgehead atoms. The van der Waals surface area contributed by atoms with E-state index in [0.29, 0.717) is 35.9 Å². The average molecular weight is 580 g/mol. The van der Waals surface area contributed by atoms with Crippen LogP contribution in [0.15, 0.2) is 77.1 Å². The van der Waals surface area contributed by atoms with Crippen LogP contribution in [0.2, 0.25) is 5.02 Å². The van der Waals surface area contributed by atoms with Crippen molar-refractivity contribution in [1.82, 2.24) is 9.88 Å². The number of halogens is 2. The Morgan fingerprint density at radius 1 is 1.07 bits per heavy atom. The van der Waals surface area contributed by atoms with Crippen molar-refractivity contribution in [2.45, 2.75) is 19.9 Å². The lowest BCUT2D eigenvalue weighted by Crippen LogP contribution is -2.36. The monoisotopic (exact) mass is 579 g/mol. The first-order valence-electron chi connectivity index (χ1n) is 13.2. The summed E-state index contributed by atoms with van der Waals surface area (Å²) in [6, 6.07) is 19.8. The fraction of sp³-hybridized carbons (Fsp3) is 0.267. The molecule has 5 rings (SSSR count). The Kier molecular flexibility index (Phi) is 9.15. The van der Waals surface area contributed by atoms with Gasteiger partial charge in [-0.25, -0.2) is 14.2 Å². The molecule has 4 aromatic rings. The van der Waals surface area contributed by atoms with Gasteiger partial charge in [-0.05, 0) is 79.1 Å². The second kappa shape index (κ2) is 13.1. The quantitative estimate of drug-likeness (QED) is 0.231. The van der Waals surface area contributed by atoms with Gasteiger partial charge in [0.15, 0.2) is 4.80 Å². The SMILES string of the molecule is Cc1cc(NC(=O)NCCCn2c(-c3ccc(N4CCOCC4)cc3)cs/c2=N\c2ccc(F)cc2)ccc1Cl. The number of hydrogen-bond acceptors (Lipinski definition) is 5. The van der Waals surface area contributed by atoms with E-state index < -0.39 is 0 Å². The molecule has 0 spiro atoms. The molecule has 208 valence electrons. The summed E-state index contributed by atoms with van der Waals surface area (Å²) < 4.78 is 21.1. The number of anilines is 2. The number of aromatic nitrogens is 1. The summed E-state index contributed by atoms with van der Waals surface area (Å²) in [5, 5.41) is 8.52. The fourth-order valence-corrected chi connectivity index (χ4v) is 5.57. The summed E-state index contributed by atoms with van der Waals surface area (Å²) in [6.07, 6.45) is 0.694. The fourth-order valence-electron chi connectivity index (χ4n) is 4.49. The van der Waals surface area contributed by atoms with Gasteiger partial charge in [0.2, 0.25) is 0 Å². The number of ether oxygens (including phenoxy) is 1. The number of morpholine rings is 1. The van der Waals surface area contributed by atoms with Gasteiger partial charge >= 0.3 is 6.03 Å². The van der Waals surface area contributed by atoms with E-state index in [-0.39, 0.29) is 11.8 Å². The predicted molar refractivity (Wildman–Crippen MR) is 160 cm³/mol. The molecule has 7 nitrogen and oxygen atoms in total. The number of aryl methyl sites for hydroxylation is 1. The molecule has 1 saturated heterocycles. The first-order valence-corrected chi connectivity index (χ1v) is 14.4. The van der Waals surface area contributed by atoms with E-state index in [2.05, 4.69) is 49.7 Å². The highest BCUT2D eigenvalue weighted by molar-refractivity contribution is 7.07. The maximum absolute atomic E-state index is 13.4. The smallest absolute Gasteiger partial charge is 0.319 e. The number of hydrogen-bond donors (Lipinski definition) is 2. The van der Waals surface area contributed by atoms with Crippen LogP contribution in [0.3, 0.4) is 0 Å². The Bertz CT molecular complexity index is 1510. The van der Waals surface area contributed by atoms with Crippen molar-refractivity contribution in [3.05, 3.63) is 93.3 Å². The molecule has 0 radical (unpaired) electrons. The first-order chi connectivity index (χ1) is 19.5. The molecule has 3 aromatic carbocycles. The summed E-state index contributed by atoms with van der Waals surface area (Å²) in [6.45, 7) is 6.27. The molecule has 0 atom stereocenters. The molecule has 2 N–H and O–H groups in total. The van der Waals surface area contributed by atoms with E-state index in [4.69, 9.17) is 21.3 Å². The third-order valence-corrected chi connectivity index (χ3v) is 7.94. The third kappa shape index (κ3) is 7.10. The second-order valence-electron chi connectivity index (χ2n) is 9.49. The van der Waals surface area contributed by atoms with Gasteiger partial charge in [0.05, 0.1) is 24.6 Å². The van der Waals surface area contributed by atoms with E-state index in [1.807, 2.05) is 13.0 Å². The van der Waals surface area contributed by atoms with E-state index in [9.17, 15) is 9.18 Å². The van der Waals surface area contributed by atoms with Gasteiger partial charge in [-0.15, -0.1) is 11.3 Å². The summed E-state index contributed by atoms with van der Waals surface area (Å²) >= 11 is 7.61. The van der Waals surface area contributed by atoms with Crippen LogP contribution in [0.1, 0.15) is 12.0 Å². The Morgan fingerprint density at radius 2 is 1.82 bits per heavy atom. The van der Waals surface area contributed by atoms with Gasteiger partial charge in [0.1, 0.15) is 5.82 Å². The second-order valence-corrected chi connectivity index (χ2v) is 10.7. The highest BCUT2D eigenvalue weighted by Crippen LogP contribution is 2.25. The summed E-state index contributed by atoms with van der Waals surface area (Å²) in [5.41, 5.74) is 5.57. The number of carbonyl (C=O) groups is 1. The van der Waals surface area contributed by atoms with E-state index in [1.165, 1.54) is 29.2 Å². The van der Waals surface area contributed by atoms with Gasteiger partial charge in [-0.1, -0.05) is 23.7 Å². The Hall–Kier alpha value is -3.66. The predicted octanol–water partition coefficient (Wildman–Crippen LogP) is 6.60. The average Bonchev–Trinajstić information content (AvgIpc) is 3.37. The van der Waals surface area contributed by atoms with Crippen LogP contribution >= 0.6 is 22.9 Å². The van der Waals surface area contributed by atoms with Crippen molar-refractivity contribution in [2.24, 2.45) is 4.99 Å². The Morgan fingerprint density at radius 3 is 2.55 bits per heavy atom. The lowest BCUT2D eigenvalue weighted by molar-refractivity contribution is 0.122. The number of carbonyl (C=O) groups excluding carboxylic acids is 1. The molecular weight excluding hydrogens is 549 g/mol. The number of rotatable bonds is 8. The molecule has 1 fully saturated rings. The lowest BCUT2D eigenvalue weighted by atomic mass is 10.1. The largest absolute Gasteiger partial charge is 0.378 e. The molecule has 2 heterocycles. The van der Waals surface area contributed by atoms with Crippen LogP contribution in [-0.2, 0) is 11.3 Å². The molecule has 1 aromatic heterocycles. The topological polar surface area (TPSA) is 70.9 Å². The zero-order chi connectivity index (χ0) is 27.9. The maximum Gasteiger partial charge on any atom is 0.319 e. The zero-order valence-corrected chi connectivity index (χ0v) is 23.8. The number of nitrogens with zero attached hydrogens (tertiary/aromatic N) is 3. The van der Waals surface area contributed by atoms with Crippen LogP contribution in [0.25, 0.3) is 11.3 Å². The van der Waals surface area contributed by atoms with Gasteiger partial charge in [-0.3, -0.25) is 0 Å². The summed E-state index contributed by atoms with van der Waals surface area (Å²) in [5.74, 6) is -0.294. The minimum absolute atomic E-state index is 0.271. The molecule has 1 aliphatic rings. The van der Waals surface area contributed by atoms with Crippen molar-refractivity contribution in [3.63, 3.8) is 0 Å². The van der Waals surface area contributed by atoms with E-state index >= 15 is 0 Å². The molecule has 1 aliphatic heterocycles. The normalized spacial score (nSPS) is 13.9. The Labute approximate surface area is 241 Å². The highest BCUT2D eigenvalue weighted by atomic mass is 35.5. The molecule has 40 heavy (non-hydrogen) atoms.